The van der Waals surface area contributed by atoms with Gasteiger partial charge in [0.1, 0.15) is 5.75 Å². The first-order valence-corrected chi connectivity index (χ1v) is 6.11. The smallest absolute Gasteiger partial charge is 0.314 e. The highest BCUT2D eigenvalue weighted by atomic mass is 16.3. The van der Waals surface area contributed by atoms with Gasteiger partial charge in [-0.15, -0.1) is 13.2 Å². The van der Waals surface area contributed by atoms with Gasteiger partial charge in [0.05, 0.1) is 5.69 Å². The lowest BCUT2D eigenvalue weighted by molar-refractivity contribution is -0.142. The zero-order valence-corrected chi connectivity index (χ0v) is 11.4. The molecule has 0 spiro atoms. The van der Waals surface area contributed by atoms with E-state index in [2.05, 4.69) is 18.5 Å². The second kappa shape index (κ2) is 7.13. The van der Waals surface area contributed by atoms with Crippen molar-refractivity contribution < 1.29 is 14.7 Å². The molecule has 0 fully saturated rings. The number of amides is 2. The molecular weight excluding hydrogens is 256 g/mol. The topological polar surface area (TPSA) is 69.6 Å². The SMILES string of the molecule is C=CCN(CC=C)C(=O)C(=O)Nc1ccc(C)cc1O. The van der Waals surface area contributed by atoms with Gasteiger partial charge in [0.2, 0.25) is 0 Å². The lowest BCUT2D eigenvalue weighted by Crippen LogP contribution is -2.39. The number of hydrogen-bond acceptors (Lipinski definition) is 3. The molecule has 0 aromatic heterocycles. The number of phenols is 1. The molecule has 0 aliphatic heterocycles. The monoisotopic (exact) mass is 274 g/mol. The van der Waals surface area contributed by atoms with Crippen LogP contribution in [0.5, 0.6) is 5.75 Å². The summed E-state index contributed by atoms with van der Waals surface area (Å²) in [7, 11) is 0. The zero-order valence-electron chi connectivity index (χ0n) is 11.4. The molecule has 1 aromatic carbocycles. The highest BCUT2D eigenvalue weighted by molar-refractivity contribution is 6.39. The van der Waals surface area contributed by atoms with Crippen molar-refractivity contribution in [3.8, 4) is 5.75 Å². The molecule has 0 aliphatic carbocycles. The maximum absolute atomic E-state index is 11.9. The summed E-state index contributed by atoms with van der Waals surface area (Å²) in [5, 5.41) is 12.1. The Morgan fingerprint density at radius 1 is 1.30 bits per heavy atom. The van der Waals surface area contributed by atoms with Crippen LogP contribution in [0.4, 0.5) is 5.69 Å². The van der Waals surface area contributed by atoms with Crippen LogP contribution in [-0.2, 0) is 9.59 Å². The molecule has 0 saturated carbocycles. The van der Waals surface area contributed by atoms with Crippen molar-refractivity contribution in [3.63, 3.8) is 0 Å². The van der Waals surface area contributed by atoms with Crippen LogP contribution >= 0.6 is 0 Å². The Morgan fingerprint density at radius 3 is 2.40 bits per heavy atom. The number of nitrogens with one attached hydrogen (secondary N) is 1. The van der Waals surface area contributed by atoms with Crippen molar-refractivity contribution >= 4 is 17.5 Å². The molecule has 0 heterocycles. The molecular formula is C15H18N2O3. The van der Waals surface area contributed by atoms with E-state index in [0.717, 1.165) is 5.56 Å². The molecule has 1 rings (SSSR count). The van der Waals surface area contributed by atoms with E-state index >= 15 is 0 Å². The number of aromatic hydroxyl groups is 1. The second-order valence-corrected chi connectivity index (χ2v) is 4.26. The van der Waals surface area contributed by atoms with E-state index in [0.29, 0.717) is 0 Å². The van der Waals surface area contributed by atoms with Crippen LogP contribution in [0.3, 0.4) is 0 Å². The van der Waals surface area contributed by atoms with Crippen molar-refractivity contribution in [1.29, 1.82) is 0 Å². The Hall–Kier alpha value is -2.56. The third-order valence-electron chi connectivity index (χ3n) is 2.58. The van der Waals surface area contributed by atoms with E-state index in [1.807, 2.05) is 6.92 Å². The molecule has 2 N–H and O–H groups in total. The van der Waals surface area contributed by atoms with Crippen molar-refractivity contribution in [2.75, 3.05) is 18.4 Å². The van der Waals surface area contributed by atoms with Gasteiger partial charge in [-0.3, -0.25) is 9.59 Å². The van der Waals surface area contributed by atoms with Crippen LogP contribution in [0, 0.1) is 6.92 Å². The summed E-state index contributed by atoms with van der Waals surface area (Å²) >= 11 is 0. The lowest BCUT2D eigenvalue weighted by Gasteiger charge is -2.18. The van der Waals surface area contributed by atoms with Gasteiger partial charge in [-0.2, -0.15) is 0 Å². The number of nitrogens with zero attached hydrogens (tertiary/aromatic N) is 1. The summed E-state index contributed by atoms with van der Waals surface area (Å²) in [6.07, 6.45) is 3.05. The zero-order chi connectivity index (χ0) is 15.1. The maximum Gasteiger partial charge on any atom is 0.314 e. The molecule has 5 heteroatoms. The molecule has 1 aromatic rings. The number of carbonyl (C=O) groups is 2. The van der Waals surface area contributed by atoms with Gasteiger partial charge in [-0.05, 0) is 24.6 Å². The third kappa shape index (κ3) is 3.98. The third-order valence-corrected chi connectivity index (χ3v) is 2.58. The van der Waals surface area contributed by atoms with E-state index in [9.17, 15) is 14.7 Å². The van der Waals surface area contributed by atoms with Gasteiger partial charge in [0, 0.05) is 13.1 Å². The molecule has 0 saturated heterocycles. The normalized spacial score (nSPS) is 9.65. The number of anilines is 1. The number of rotatable bonds is 5. The van der Waals surface area contributed by atoms with E-state index in [-0.39, 0.29) is 24.5 Å². The fraction of sp³-hybridized carbons (Fsp3) is 0.200. The standard InChI is InChI=1S/C15H18N2O3/c1-4-8-17(9-5-2)15(20)14(19)16-12-7-6-11(3)10-13(12)18/h4-7,10,18H,1-2,8-9H2,3H3,(H,16,19). The Kier molecular flexibility index (Phi) is 5.53. The summed E-state index contributed by atoms with van der Waals surface area (Å²) in [5.41, 5.74) is 1.05. The molecule has 106 valence electrons. The average Bonchev–Trinajstić information content (AvgIpc) is 2.40. The van der Waals surface area contributed by atoms with Crippen molar-refractivity contribution in [1.82, 2.24) is 4.90 Å². The lowest BCUT2D eigenvalue weighted by atomic mass is 10.2. The first kappa shape index (κ1) is 15.5. The van der Waals surface area contributed by atoms with Crippen LogP contribution in [-0.4, -0.2) is 34.9 Å². The minimum Gasteiger partial charge on any atom is -0.506 e. The van der Waals surface area contributed by atoms with Gasteiger partial charge in [0.15, 0.2) is 0 Å². The Balaban J connectivity index is 2.80. The Morgan fingerprint density at radius 2 is 1.90 bits per heavy atom. The highest BCUT2D eigenvalue weighted by Gasteiger charge is 2.20. The van der Waals surface area contributed by atoms with Gasteiger partial charge in [-0.1, -0.05) is 18.2 Å². The summed E-state index contributed by atoms with van der Waals surface area (Å²) in [5.74, 6) is -1.59. The van der Waals surface area contributed by atoms with Gasteiger partial charge in [-0.25, -0.2) is 0 Å². The molecule has 2 amide bonds. The fourth-order valence-electron chi connectivity index (χ4n) is 1.62. The number of hydrogen-bond donors (Lipinski definition) is 2. The second-order valence-electron chi connectivity index (χ2n) is 4.26. The summed E-state index contributed by atoms with van der Waals surface area (Å²) in [4.78, 5) is 25.1. The van der Waals surface area contributed by atoms with Crippen LogP contribution in [0.25, 0.3) is 0 Å². The molecule has 0 atom stereocenters. The summed E-state index contributed by atoms with van der Waals surface area (Å²) in [6.45, 7) is 9.37. The minimum atomic E-state index is -0.812. The van der Waals surface area contributed by atoms with Crippen LogP contribution in [0.1, 0.15) is 5.56 Å². The highest BCUT2D eigenvalue weighted by Crippen LogP contribution is 2.23. The molecule has 0 aliphatic rings. The largest absolute Gasteiger partial charge is 0.506 e. The summed E-state index contributed by atoms with van der Waals surface area (Å²) < 4.78 is 0. The maximum atomic E-state index is 11.9. The predicted octanol–water partition coefficient (Wildman–Crippen LogP) is 1.84. The molecule has 20 heavy (non-hydrogen) atoms. The molecule has 0 radical (unpaired) electrons. The van der Waals surface area contributed by atoms with Crippen molar-refractivity contribution in [2.24, 2.45) is 0 Å². The quantitative estimate of drug-likeness (QED) is 0.489. The Bertz CT molecular complexity index is 528. The van der Waals surface area contributed by atoms with E-state index in [1.54, 1.807) is 12.1 Å². The summed E-state index contributed by atoms with van der Waals surface area (Å²) in [6, 6.07) is 4.78. The number of aryl methyl sites for hydroxylation is 1. The van der Waals surface area contributed by atoms with Gasteiger partial charge >= 0.3 is 11.8 Å². The van der Waals surface area contributed by atoms with Crippen LogP contribution in [0.2, 0.25) is 0 Å². The first-order chi connectivity index (χ1) is 9.49. The van der Waals surface area contributed by atoms with Gasteiger partial charge in [0.25, 0.3) is 0 Å². The number of carbonyl (C=O) groups excluding carboxylic acids is 2. The predicted molar refractivity (Wildman–Crippen MR) is 78.4 cm³/mol. The van der Waals surface area contributed by atoms with Crippen LogP contribution in [0.15, 0.2) is 43.5 Å². The van der Waals surface area contributed by atoms with Crippen molar-refractivity contribution in [3.05, 3.63) is 49.1 Å². The van der Waals surface area contributed by atoms with Crippen molar-refractivity contribution in [2.45, 2.75) is 6.92 Å². The first-order valence-electron chi connectivity index (χ1n) is 6.11. The van der Waals surface area contributed by atoms with E-state index < -0.39 is 11.8 Å². The average molecular weight is 274 g/mol. The number of benzene rings is 1. The Labute approximate surface area is 118 Å². The molecule has 0 bridgehead atoms. The van der Waals surface area contributed by atoms with E-state index in [4.69, 9.17) is 0 Å². The van der Waals surface area contributed by atoms with E-state index in [1.165, 1.54) is 23.1 Å². The van der Waals surface area contributed by atoms with Gasteiger partial charge < -0.3 is 15.3 Å². The molecule has 5 nitrogen and oxygen atoms in total. The minimum absolute atomic E-state index is 0.0786. The number of phenolic OH excluding ortho intramolecular Hbond substituents is 1. The van der Waals surface area contributed by atoms with Crippen LogP contribution < -0.4 is 5.32 Å². The fourth-order valence-corrected chi connectivity index (χ4v) is 1.62. The molecule has 0 unspecified atom stereocenters.